The van der Waals surface area contributed by atoms with Gasteiger partial charge in [-0.05, 0) is 17.4 Å². The zero-order valence-corrected chi connectivity index (χ0v) is 18.8. The number of anilines is 1. The number of amides is 2. The zero-order chi connectivity index (χ0) is 24.7. The molecule has 180 valence electrons. The molecule has 2 atom stereocenters. The summed E-state index contributed by atoms with van der Waals surface area (Å²) < 4.78 is 17.2. The summed E-state index contributed by atoms with van der Waals surface area (Å²) in [5.74, 6) is -0.297. The van der Waals surface area contributed by atoms with Gasteiger partial charge in [-0.25, -0.2) is 14.3 Å². The second kappa shape index (κ2) is 8.67. The van der Waals surface area contributed by atoms with Crippen molar-refractivity contribution in [3.63, 3.8) is 0 Å². The number of nitro groups is 1. The van der Waals surface area contributed by atoms with Gasteiger partial charge >= 0.3 is 12.0 Å². The third-order valence-electron chi connectivity index (χ3n) is 5.92. The summed E-state index contributed by atoms with van der Waals surface area (Å²) in [5, 5.41) is 22.2. The number of carbonyl (C=O) groups excluding carboxylic acids is 2. The number of aliphatic hydroxyl groups is 1. The molecule has 2 aliphatic rings. The molecule has 1 aromatic heterocycles. The van der Waals surface area contributed by atoms with Gasteiger partial charge in [-0.15, -0.1) is 0 Å². The Bertz CT molecular complexity index is 1190. The number of carbonyl (C=O) groups is 2. The number of ether oxygens (including phenoxy) is 3. The Morgan fingerprint density at radius 2 is 2.00 bits per heavy atom. The molecule has 1 saturated heterocycles. The monoisotopic (exact) mass is 473 g/mol. The van der Waals surface area contributed by atoms with E-state index in [1.165, 1.54) is 49.1 Å². The van der Waals surface area contributed by atoms with Crippen LogP contribution < -0.4 is 14.4 Å². The molecule has 0 bridgehead atoms. The zero-order valence-electron chi connectivity index (χ0n) is 18.8. The molecule has 34 heavy (non-hydrogen) atoms. The van der Waals surface area contributed by atoms with Crippen molar-refractivity contribution >= 4 is 23.6 Å². The number of fused-ring (bicyclic) bond motifs is 2. The van der Waals surface area contributed by atoms with Crippen LogP contribution in [0.5, 0.6) is 11.5 Å². The van der Waals surface area contributed by atoms with Crippen LogP contribution in [0.3, 0.4) is 0 Å². The maximum Gasteiger partial charge on any atom is 0.434 e. The summed E-state index contributed by atoms with van der Waals surface area (Å²) in [7, 11) is 4.24. The van der Waals surface area contributed by atoms with Crippen molar-refractivity contribution in [2.75, 3.05) is 25.7 Å². The van der Waals surface area contributed by atoms with E-state index in [9.17, 15) is 24.8 Å². The third-order valence-corrected chi connectivity index (χ3v) is 5.92. The molecule has 2 amide bonds. The molecule has 0 spiro atoms. The van der Waals surface area contributed by atoms with Crippen LogP contribution in [0.2, 0.25) is 0 Å². The Morgan fingerprint density at radius 1 is 1.32 bits per heavy atom. The fourth-order valence-corrected chi connectivity index (χ4v) is 4.17. The van der Waals surface area contributed by atoms with Crippen molar-refractivity contribution in [1.29, 1.82) is 0 Å². The van der Waals surface area contributed by atoms with Gasteiger partial charge in [0, 0.05) is 12.6 Å². The van der Waals surface area contributed by atoms with Crippen molar-refractivity contribution in [1.82, 2.24) is 14.5 Å². The van der Waals surface area contributed by atoms with E-state index in [-0.39, 0.29) is 41.6 Å². The second-order valence-electron chi connectivity index (χ2n) is 7.88. The molecule has 1 fully saturated rings. The highest BCUT2D eigenvalue weighted by molar-refractivity contribution is 6.06. The molecule has 1 N–H and O–H groups in total. The highest BCUT2D eigenvalue weighted by Crippen LogP contribution is 2.41. The average molecular weight is 473 g/mol. The first-order valence-electron chi connectivity index (χ1n) is 10.2. The van der Waals surface area contributed by atoms with Crippen LogP contribution in [0.25, 0.3) is 0 Å². The lowest BCUT2D eigenvalue weighted by Crippen LogP contribution is -2.50. The Balaban J connectivity index is 1.73. The minimum Gasteiger partial charge on any atom is -0.493 e. The quantitative estimate of drug-likeness (QED) is 0.388. The first-order chi connectivity index (χ1) is 16.2. The summed E-state index contributed by atoms with van der Waals surface area (Å²) in [6, 6.07) is 2.12. The van der Waals surface area contributed by atoms with Gasteiger partial charge in [-0.2, -0.15) is 0 Å². The molecule has 13 heteroatoms. The molecule has 4 rings (SSSR count). The minimum absolute atomic E-state index is 0.0798. The van der Waals surface area contributed by atoms with E-state index in [0.717, 1.165) is 10.5 Å². The van der Waals surface area contributed by atoms with Crippen LogP contribution in [0.1, 0.15) is 22.5 Å². The van der Waals surface area contributed by atoms with Gasteiger partial charge in [0.2, 0.25) is 0 Å². The molecule has 0 saturated carbocycles. The van der Waals surface area contributed by atoms with Crippen molar-refractivity contribution in [2.45, 2.75) is 25.3 Å². The van der Waals surface area contributed by atoms with Crippen LogP contribution in [0.15, 0.2) is 30.5 Å². The van der Waals surface area contributed by atoms with Gasteiger partial charge in [0.05, 0.1) is 38.6 Å². The highest BCUT2D eigenvalue weighted by atomic mass is 16.6. The number of methoxy groups -OCH3 is 2. The van der Waals surface area contributed by atoms with E-state index >= 15 is 0 Å². The van der Waals surface area contributed by atoms with Crippen molar-refractivity contribution in [2.24, 2.45) is 7.05 Å². The molecular formula is C21H23N5O8. The maximum atomic E-state index is 13.4. The van der Waals surface area contributed by atoms with Crippen molar-refractivity contribution in [3.05, 3.63) is 51.9 Å². The highest BCUT2D eigenvalue weighted by Gasteiger charge is 2.46. The molecule has 0 radical (unpaired) electrons. The molecule has 1 aromatic carbocycles. The van der Waals surface area contributed by atoms with Gasteiger partial charge in [0.15, 0.2) is 30.0 Å². The Hall–Kier alpha value is -4.13. The Morgan fingerprint density at radius 3 is 2.62 bits per heavy atom. The van der Waals surface area contributed by atoms with Gasteiger partial charge in [0.1, 0.15) is 6.20 Å². The number of benzene rings is 1. The van der Waals surface area contributed by atoms with Crippen molar-refractivity contribution < 1.29 is 33.8 Å². The second-order valence-corrected chi connectivity index (χ2v) is 7.88. The predicted octanol–water partition coefficient (Wildman–Crippen LogP) is 1.59. The SMILES string of the molecule is C=C1C[C@H]2C(O)N(C(=O)OCc3cnc([N+](=O)[O-])n3C)c3cc(OC)c(OC)cc3C(=O)N2C1. The summed E-state index contributed by atoms with van der Waals surface area (Å²) >= 11 is 0. The van der Waals surface area contributed by atoms with Gasteiger partial charge in [-0.3, -0.25) is 4.79 Å². The normalized spacial score (nSPS) is 19.4. The van der Waals surface area contributed by atoms with Gasteiger partial charge < -0.3 is 34.3 Å². The molecule has 0 aliphatic carbocycles. The van der Waals surface area contributed by atoms with Crippen LogP contribution in [0, 0.1) is 10.1 Å². The number of rotatable bonds is 5. The number of hydrogen-bond acceptors (Lipinski definition) is 9. The van der Waals surface area contributed by atoms with Crippen LogP contribution in [-0.4, -0.2) is 69.5 Å². The lowest BCUT2D eigenvalue weighted by Gasteiger charge is -2.31. The molecule has 13 nitrogen and oxygen atoms in total. The smallest absolute Gasteiger partial charge is 0.434 e. The molecule has 1 unspecified atom stereocenters. The van der Waals surface area contributed by atoms with Crippen LogP contribution in [0.4, 0.5) is 16.4 Å². The average Bonchev–Trinajstić information content (AvgIpc) is 3.37. The largest absolute Gasteiger partial charge is 0.493 e. The Kier molecular flexibility index (Phi) is 5.87. The molecule has 3 heterocycles. The van der Waals surface area contributed by atoms with Gasteiger partial charge in [0.25, 0.3) is 5.91 Å². The predicted molar refractivity (Wildman–Crippen MR) is 117 cm³/mol. The van der Waals surface area contributed by atoms with E-state index in [2.05, 4.69) is 11.6 Å². The van der Waals surface area contributed by atoms with E-state index in [0.29, 0.717) is 6.42 Å². The fraction of sp³-hybridized carbons (Fsp3) is 0.381. The maximum absolute atomic E-state index is 13.4. The molecular weight excluding hydrogens is 450 g/mol. The number of aliphatic hydroxyl groups excluding tert-OH is 1. The summed E-state index contributed by atoms with van der Waals surface area (Å²) in [5.41, 5.74) is 1.19. The molecule has 2 aliphatic heterocycles. The topological polar surface area (TPSA) is 150 Å². The van der Waals surface area contributed by atoms with E-state index < -0.39 is 35.1 Å². The van der Waals surface area contributed by atoms with Gasteiger partial charge in [-0.1, -0.05) is 17.1 Å². The first-order valence-corrected chi connectivity index (χ1v) is 10.2. The number of nitrogens with zero attached hydrogens (tertiary/aromatic N) is 5. The third kappa shape index (κ3) is 3.69. The van der Waals surface area contributed by atoms with Crippen molar-refractivity contribution in [3.8, 4) is 11.5 Å². The van der Waals surface area contributed by atoms with Crippen LogP contribution in [-0.2, 0) is 18.4 Å². The summed E-state index contributed by atoms with van der Waals surface area (Å²) in [4.78, 5) is 43.1. The lowest BCUT2D eigenvalue weighted by atomic mass is 10.1. The standard InChI is InChI=1S/C21H23N5O8/c1-11-5-15-19(28)25(21(29)34-10-12-8-22-20(23(12)2)26(30)31)14-7-17(33-4)16(32-3)6-13(14)18(27)24(15)9-11/h6-8,15,19,28H,1,5,9-10H2,2-4H3/t15-,19?/m0/s1. The van der Waals surface area contributed by atoms with E-state index in [4.69, 9.17) is 14.2 Å². The van der Waals surface area contributed by atoms with E-state index in [1.807, 2.05) is 0 Å². The number of aromatic nitrogens is 2. The number of hydrogen-bond donors (Lipinski definition) is 1. The summed E-state index contributed by atoms with van der Waals surface area (Å²) in [6.45, 7) is 3.80. The van der Waals surface area contributed by atoms with E-state index in [1.54, 1.807) is 0 Å². The molecule has 2 aromatic rings. The lowest BCUT2D eigenvalue weighted by molar-refractivity contribution is -0.396. The summed E-state index contributed by atoms with van der Waals surface area (Å²) in [6.07, 6.45) is -0.890. The first kappa shape index (κ1) is 23.0. The van der Waals surface area contributed by atoms with Crippen LogP contribution >= 0.6 is 0 Å². The fourth-order valence-electron chi connectivity index (χ4n) is 4.17. The minimum atomic E-state index is -1.45. The number of imidazole rings is 1. The Labute approximate surface area is 193 Å².